The molecule has 1 unspecified atom stereocenters. The van der Waals surface area contributed by atoms with Gasteiger partial charge in [-0.05, 0) is 36.5 Å². The van der Waals surface area contributed by atoms with Crippen LogP contribution in [0.5, 0.6) is 0 Å². The summed E-state index contributed by atoms with van der Waals surface area (Å²) in [5.41, 5.74) is 3.39. The zero-order valence-electron chi connectivity index (χ0n) is 14.5. The molecule has 0 N–H and O–H groups in total. The van der Waals surface area contributed by atoms with E-state index in [1.807, 2.05) is 13.0 Å². The molecule has 2 heterocycles. The van der Waals surface area contributed by atoms with E-state index in [1.165, 1.54) is 16.7 Å². The van der Waals surface area contributed by atoms with Gasteiger partial charge >= 0.3 is 6.09 Å². The first-order chi connectivity index (χ1) is 12.2. The third-order valence-electron chi connectivity index (χ3n) is 5.28. The van der Waals surface area contributed by atoms with Crippen LogP contribution in [0, 0.1) is 0 Å². The van der Waals surface area contributed by atoms with Gasteiger partial charge in [0.15, 0.2) is 0 Å². The van der Waals surface area contributed by atoms with Gasteiger partial charge in [0.05, 0.1) is 12.2 Å². The minimum atomic E-state index is -0.305. The number of piperidine rings is 1. The Hall–Kier alpha value is -2.33. The number of ether oxygens (including phenoxy) is 2. The molecule has 1 saturated heterocycles. The summed E-state index contributed by atoms with van der Waals surface area (Å²) in [6.07, 6.45) is 1.34. The third kappa shape index (κ3) is 2.81. The van der Waals surface area contributed by atoms with E-state index in [2.05, 4.69) is 48.5 Å². The molecule has 4 heteroatoms. The Bertz CT molecular complexity index is 751. The summed E-state index contributed by atoms with van der Waals surface area (Å²) in [5.74, 6) is 0. The van der Waals surface area contributed by atoms with E-state index in [4.69, 9.17) is 9.47 Å². The Kier molecular flexibility index (Phi) is 4.22. The largest absolute Gasteiger partial charge is 0.450 e. The second-order valence-electron chi connectivity index (χ2n) is 6.68. The highest BCUT2D eigenvalue weighted by Crippen LogP contribution is 2.51. The quantitative estimate of drug-likeness (QED) is 0.822. The van der Waals surface area contributed by atoms with Crippen LogP contribution in [0.4, 0.5) is 4.79 Å². The molecule has 2 aromatic rings. The number of hydrogen-bond donors (Lipinski definition) is 0. The monoisotopic (exact) mass is 337 g/mol. The minimum absolute atomic E-state index is 0.0356. The molecule has 2 aliphatic heterocycles. The van der Waals surface area contributed by atoms with E-state index < -0.39 is 0 Å². The number of benzene rings is 2. The summed E-state index contributed by atoms with van der Waals surface area (Å²) in [5, 5.41) is 0. The molecule has 2 aliphatic rings. The lowest BCUT2D eigenvalue weighted by Crippen LogP contribution is -2.45. The first kappa shape index (κ1) is 16.2. The molecule has 4 rings (SSSR count). The number of fused-ring (bicyclic) bond motifs is 2. The van der Waals surface area contributed by atoms with Crippen molar-refractivity contribution in [3.05, 3.63) is 71.3 Å². The molecule has 0 saturated carbocycles. The molecular formula is C21H23NO3. The predicted octanol–water partition coefficient (Wildman–Crippen LogP) is 4.25. The van der Waals surface area contributed by atoms with Crippen molar-refractivity contribution in [1.29, 1.82) is 0 Å². The molecule has 25 heavy (non-hydrogen) atoms. The van der Waals surface area contributed by atoms with E-state index in [9.17, 15) is 4.79 Å². The Morgan fingerprint density at radius 3 is 2.52 bits per heavy atom. The standard InChI is InChI=1S/C21H23NO3/c1-2-24-20(23)22-14-12-21(13-15-22)18-11-7-6-10-17(18)19(25-21)16-8-4-3-5-9-16/h3-11,19H,2,12-15H2,1H3. The fourth-order valence-corrected chi connectivity index (χ4v) is 4.02. The van der Waals surface area contributed by atoms with Crippen LogP contribution in [0.15, 0.2) is 54.6 Å². The number of hydrogen-bond acceptors (Lipinski definition) is 3. The zero-order valence-corrected chi connectivity index (χ0v) is 14.5. The first-order valence-corrected chi connectivity index (χ1v) is 8.97. The Morgan fingerprint density at radius 2 is 1.80 bits per heavy atom. The highest BCUT2D eigenvalue weighted by Gasteiger charge is 2.47. The fourth-order valence-electron chi connectivity index (χ4n) is 4.02. The highest BCUT2D eigenvalue weighted by atomic mass is 16.6. The van der Waals surface area contributed by atoms with Crippen molar-refractivity contribution in [1.82, 2.24) is 4.90 Å². The number of carbonyl (C=O) groups is 1. The second kappa shape index (κ2) is 6.52. The number of rotatable bonds is 2. The smallest absolute Gasteiger partial charge is 0.409 e. The van der Waals surface area contributed by atoms with Crippen LogP contribution in [0.2, 0.25) is 0 Å². The van der Waals surface area contributed by atoms with Crippen LogP contribution in [0.1, 0.15) is 42.6 Å². The van der Waals surface area contributed by atoms with Crippen LogP contribution >= 0.6 is 0 Å². The summed E-state index contributed by atoms with van der Waals surface area (Å²) in [6.45, 7) is 3.57. The molecule has 0 radical (unpaired) electrons. The van der Waals surface area contributed by atoms with Crippen molar-refractivity contribution in [3.8, 4) is 0 Å². The zero-order chi connectivity index (χ0) is 17.3. The average molecular weight is 337 g/mol. The van der Waals surface area contributed by atoms with Crippen molar-refractivity contribution in [2.75, 3.05) is 19.7 Å². The molecule has 1 atom stereocenters. The van der Waals surface area contributed by atoms with Crippen molar-refractivity contribution >= 4 is 6.09 Å². The molecule has 1 fully saturated rings. The second-order valence-corrected chi connectivity index (χ2v) is 6.68. The van der Waals surface area contributed by atoms with Gasteiger partial charge in [0.1, 0.15) is 6.10 Å². The van der Waals surface area contributed by atoms with Crippen LogP contribution in [0.3, 0.4) is 0 Å². The maximum Gasteiger partial charge on any atom is 0.409 e. The van der Waals surface area contributed by atoms with Gasteiger partial charge in [-0.25, -0.2) is 4.79 Å². The molecule has 2 aromatic carbocycles. The number of carbonyl (C=O) groups excluding carboxylic acids is 1. The molecule has 4 nitrogen and oxygen atoms in total. The Morgan fingerprint density at radius 1 is 1.12 bits per heavy atom. The van der Waals surface area contributed by atoms with Gasteiger partial charge in [-0.3, -0.25) is 0 Å². The third-order valence-corrected chi connectivity index (χ3v) is 5.28. The lowest BCUT2D eigenvalue weighted by atomic mass is 9.83. The number of likely N-dealkylation sites (tertiary alicyclic amines) is 1. The molecule has 130 valence electrons. The van der Waals surface area contributed by atoms with Crippen molar-refractivity contribution in [3.63, 3.8) is 0 Å². The SMILES string of the molecule is CCOC(=O)N1CCC2(CC1)OC(c1ccccc1)c1ccccc12. The van der Waals surface area contributed by atoms with Gasteiger partial charge < -0.3 is 14.4 Å². The molecule has 0 aromatic heterocycles. The van der Waals surface area contributed by atoms with Gasteiger partial charge in [0.2, 0.25) is 0 Å². The Balaban J connectivity index is 1.61. The average Bonchev–Trinajstić information content (AvgIpc) is 2.98. The van der Waals surface area contributed by atoms with Crippen molar-refractivity contribution in [2.24, 2.45) is 0 Å². The van der Waals surface area contributed by atoms with Gasteiger partial charge in [-0.1, -0.05) is 54.6 Å². The van der Waals surface area contributed by atoms with Crippen LogP contribution in [-0.4, -0.2) is 30.7 Å². The first-order valence-electron chi connectivity index (χ1n) is 8.97. The summed E-state index contributed by atoms with van der Waals surface area (Å²) < 4.78 is 11.8. The van der Waals surface area contributed by atoms with Gasteiger partial charge in [0, 0.05) is 13.1 Å². The molecule has 1 amide bonds. The van der Waals surface area contributed by atoms with E-state index in [-0.39, 0.29) is 17.8 Å². The lowest BCUT2D eigenvalue weighted by Gasteiger charge is -2.39. The Labute approximate surface area is 148 Å². The number of amides is 1. The molecule has 0 aliphatic carbocycles. The van der Waals surface area contributed by atoms with E-state index in [0.29, 0.717) is 19.7 Å². The van der Waals surface area contributed by atoms with Gasteiger partial charge in [-0.2, -0.15) is 0 Å². The normalized spacial score (nSPS) is 21.2. The summed E-state index contributed by atoms with van der Waals surface area (Å²) in [7, 11) is 0. The highest BCUT2D eigenvalue weighted by molar-refractivity contribution is 5.67. The maximum atomic E-state index is 12.0. The van der Waals surface area contributed by atoms with Crippen molar-refractivity contribution in [2.45, 2.75) is 31.5 Å². The maximum absolute atomic E-state index is 12.0. The van der Waals surface area contributed by atoms with Gasteiger partial charge in [0.25, 0.3) is 0 Å². The molecular weight excluding hydrogens is 314 g/mol. The summed E-state index contributed by atoms with van der Waals surface area (Å²) >= 11 is 0. The van der Waals surface area contributed by atoms with E-state index in [1.54, 1.807) is 4.90 Å². The van der Waals surface area contributed by atoms with Crippen LogP contribution < -0.4 is 0 Å². The number of nitrogens with zero attached hydrogens (tertiary/aromatic N) is 1. The van der Waals surface area contributed by atoms with Gasteiger partial charge in [-0.15, -0.1) is 0 Å². The van der Waals surface area contributed by atoms with E-state index in [0.717, 1.165) is 12.8 Å². The molecule has 0 bridgehead atoms. The topological polar surface area (TPSA) is 38.8 Å². The summed E-state index contributed by atoms with van der Waals surface area (Å²) in [4.78, 5) is 13.8. The molecule has 1 spiro atoms. The summed E-state index contributed by atoms with van der Waals surface area (Å²) in [6, 6.07) is 18.9. The van der Waals surface area contributed by atoms with Crippen LogP contribution in [0.25, 0.3) is 0 Å². The lowest BCUT2D eigenvalue weighted by molar-refractivity contribution is -0.0942. The minimum Gasteiger partial charge on any atom is -0.450 e. The predicted molar refractivity (Wildman–Crippen MR) is 95.3 cm³/mol. The van der Waals surface area contributed by atoms with Crippen molar-refractivity contribution < 1.29 is 14.3 Å². The van der Waals surface area contributed by atoms with Crippen LogP contribution in [-0.2, 0) is 15.1 Å². The fraction of sp³-hybridized carbons (Fsp3) is 0.381. The van der Waals surface area contributed by atoms with E-state index >= 15 is 0 Å².